The maximum atomic E-state index is 12.2. The number of unbranched alkanes of at least 4 members (excludes halogenated alkanes) is 1. The van der Waals surface area contributed by atoms with Gasteiger partial charge in [0.05, 0.1) is 0 Å². The van der Waals surface area contributed by atoms with Crippen molar-refractivity contribution in [1.29, 1.82) is 0 Å². The Morgan fingerprint density at radius 3 is 2.76 bits per heavy atom. The first kappa shape index (κ1) is 12.9. The van der Waals surface area contributed by atoms with E-state index in [1.807, 2.05) is 0 Å². The number of nitrogens with zero attached hydrogens (tertiary/aromatic N) is 1. The second kappa shape index (κ2) is 6.39. The van der Waals surface area contributed by atoms with E-state index in [4.69, 9.17) is 0 Å². The summed E-state index contributed by atoms with van der Waals surface area (Å²) in [7, 11) is 0. The summed E-state index contributed by atoms with van der Waals surface area (Å²) >= 11 is 0. The van der Waals surface area contributed by atoms with Crippen molar-refractivity contribution < 1.29 is 4.79 Å². The monoisotopic (exact) mass is 238 g/mol. The fourth-order valence-corrected chi connectivity index (χ4v) is 3.29. The Balaban J connectivity index is 1.89. The van der Waals surface area contributed by atoms with Crippen LogP contribution in [0.1, 0.15) is 51.9 Å². The Labute approximate surface area is 105 Å². The standard InChI is InChI=1S/C14H26N2O/c1-2-3-6-14(17)16-11-4-5-13(16)12-7-9-15-10-8-12/h12-13,15H,2-11H2,1H3. The van der Waals surface area contributed by atoms with Crippen LogP contribution < -0.4 is 5.32 Å². The molecule has 2 heterocycles. The van der Waals surface area contributed by atoms with Crippen LogP contribution in [0.15, 0.2) is 0 Å². The number of piperidine rings is 1. The molecule has 2 fully saturated rings. The van der Waals surface area contributed by atoms with E-state index in [0.717, 1.165) is 44.8 Å². The molecule has 3 nitrogen and oxygen atoms in total. The normalized spacial score (nSPS) is 26.4. The minimum absolute atomic E-state index is 0.410. The third kappa shape index (κ3) is 3.21. The first-order valence-electron chi connectivity index (χ1n) is 7.33. The van der Waals surface area contributed by atoms with Crippen LogP contribution in [0.3, 0.4) is 0 Å². The van der Waals surface area contributed by atoms with Crippen molar-refractivity contribution in [1.82, 2.24) is 10.2 Å². The molecule has 0 bridgehead atoms. The van der Waals surface area contributed by atoms with Gasteiger partial charge in [-0.1, -0.05) is 13.3 Å². The average molecular weight is 238 g/mol. The van der Waals surface area contributed by atoms with Crippen molar-refractivity contribution in [3.8, 4) is 0 Å². The maximum absolute atomic E-state index is 12.2. The van der Waals surface area contributed by atoms with E-state index in [1.54, 1.807) is 0 Å². The summed E-state index contributed by atoms with van der Waals surface area (Å²) in [6.07, 6.45) is 7.89. The molecule has 0 radical (unpaired) electrons. The van der Waals surface area contributed by atoms with Gasteiger partial charge in [0, 0.05) is 19.0 Å². The molecule has 1 atom stereocenters. The van der Waals surface area contributed by atoms with Crippen LogP contribution in [0.5, 0.6) is 0 Å². The average Bonchev–Trinajstić information content (AvgIpc) is 2.86. The maximum Gasteiger partial charge on any atom is 0.222 e. The van der Waals surface area contributed by atoms with Crippen LogP contribution in [-0.2, 0) is 4.79 Å². The van der Waals surface area contributed by atoms with Gasteiger partial charge in [-0.2, -0.15) is 0 Å². The summed E-state index contributed by atoms with van der Waals surface area (Å²) < 4.78 is 0. The first-order chi connectivity index (χ1) is 8.33. The van der Waals surface area contributed by atoms with Gasteiger partial charge < -0.3 is 10.2 Å². The van der Waals surface area contributed by atoms with Crippen LogP contribution in [0.4, 0.5) is 0 Å². The molecule has 1 N–H and O–H groups in total. The number of rotatable bonds is 4. The topological polar surface area (TPSA) is 32.3 Å². The molecule has 98 valence electrons. The molecule has 2 rings (SSSR count). The molecule has 0 spiro atoms. The molecule has 0 aliphatic carbocycles. The summed E-state index contributed by atoms with van der Waals surface area (Å²) in [5.41, 5.74) is 0. The van der Waals surface area contributed by atoms with Crippen LogP contribution in [0, 0.1) is 5.92 Å². The smallest absolute Gasteiger partial charge is 0.222 e. The van der Waals surface area contributed by atoms with E-state index < -0.39 is 0 Å². The fourth-order valence-electron chi connectivity index (χ4n) is 3.29. The van der Waals surface area contributed by atoms with Gasteiger partial charge in [-0.25, -0.2) is 0 Å². The second-order valence-corrected chi connectivity index (χ2v) is 5.49. The zero-order chi connectivity index (χ0) is 12.1. The fraction of sp³-hybridized carbons (Fsp3) is 0.929. The van der Waals surface area contributed by atoms with Crippen LogP contribution in [0.25, 0.3) is 0 Å². The molecule has 0 aromatic carbocycles. The summed E-state index contributed by atoms with van der Waals surface area (Å²) in [6, 6.07) is 0.557. The first-order valence-corrected chi connectivity index (χ1v) is 7.33. The van der Waals surface area contributed by atoms with Gasteiger partial charge in [-0.15, -0.1) is 0 Å². The van der Waals surface area contributed by atoms with Crippen LogP contribution in [-0.4, -0.2) is 36.5 Å². The molecule has 0 aromatic rings. The van der Waals surface area contributed by atoms with E-state index in [2.05, 4.69) is 17.1 Å². The molecular weight excluding hydrogens is 212 g/mol. The van der Waals surface area contributed by atoms with Gasteiger partial charge >= 0.3 is 0 Å². The van der Waals surface area contributed by atoms with Gasteiger partial charge in [0.1, 0.15) is 0 Å². The quantitative estimate of drug-likeness (QED) is 0.814. The Kier molecular flexibility index (Phi) is 4.84. The zero-order valence-corrected chi connectivity index (χ0v) is 11.1. The third-order valence-corrected chi connectivity index (χ3v) is 4.29. The van der Waals surface area contributed by atoms with E-state index in [1.165, 1.54) is 25.7 Å². The van der Waals surface area contributed by atoms with Crippen molar-refractivity contribution in [2.24, 2.45) is 5.92 Å². The molecule has 2 saturated heterocycles. The van der Waals surface area contributed by atoms with Crippen molar-refractivity contribution in [3.63, 3.8) is 0 Å². The predicted molar refractivity (Wildman–Crippen MR) is 69.9 cm³/mol. The molecule has 2 aliphatic heterocycles. The predicted octanol–water partition coefficient (Wildman–Crippen LogP) is 2.17. The minimum Gasteiger partial charge on any atom is -0.339 e. The third-order valence-electron chi connectivity index (χ3n) is 4.29. The molecular formula is C14H26N2O. The van der Waals surface area contributed by atoms with E-state index in [9.17, 15) is 4.79 Å². The lowest BCUT2D eigenvalue weighted by molar-refractivity contribution is -0.133. The van der Waals surface area contributed by atoms with Gasteiger partial charge in [0.25, 0.3) is 0 Å². The number of amides is 1. The molecule has 17 heavy (non-hydrogen) atoms. The van der Waals surface area contributed by atoms with Crippen LogP contribution >= 0.6 is 0 Å². The Morgan fingerprint density at radius 2 is 2.06 bits per heavy atom. The highest BCUT2D eigenvalue weighted by Crippen LogP contribution is 2.30. The van der Waals surface area contributed by atoms with Crippen molar-refractivity contribution >= 4 is 5.91 Å². The van der Waals surface area contributed by atoms with Crippen LogP contribution in [0.2, 0.25) is 0 Å². The van der Waals surface area contributed by atoms with Gasteiger partial charge in [0.2, 0.25) is 5.91 Å². The Morgan fingerprint density at radius 1 is 1.29 bits per heavy atom. The number of carbonyl (C=O) groups excluding carboxylic acids is 1. The lowest BCUT2D eigenvalue weighted by Crippen LogP contribution is -2.43. The molecule has 2 aliphatic rings. The van der Waals surface area contributed by atoms with Crippen molar-refractivity contribution in [3.05, 3.63) is 0 Å². The molecule has 0 aromatic heterocycles. The largest absolute Gasteiger partial charge is 0.339 e. The number of likely N-dealkylation sites (tertiary alicyclic amines) is 1. The highest BCUT2D eigenvalue weighted by Gasteiger charge is 2.34. The highest BCUT2D eigenvalue weighted by atomic mass is 16.2. The summed E-state index contributed by atoms with van der Waals surface area (Å²) in [4.78, 5) is 14.4. The highest BCUT2D eigenvalue weighted by molar-refractivity contribution is 5.76. The number of carbonyl (C=O) groups is 1. The Bertz CT molecular complexity index is 249. The van der Waals surface area contributed by atoms with Gasteiger partial charge in [0.15, 0.2) is 0 Å². The van der Waals surface area contributed by atoms with Crippen molar-refractivity contribution in [2.45, 2.75) is 57.9 Å². The van der Waals surface area contributed by atoms with E-state index >= 15 is 0 Å². The number of hydrogen-bond donors (Lipinski definition) is 1. The summed E-state index contributed by atoms with van der Waals surface area (Å²) in [6.45, 7) is 5.44. The zero-order valence-electron chi connectivity index (χ0n) is 11.1. The minimum atomic E-state index is 0.410. The van der Waals surface area contributed by atoms with E-state index in [-0.39, 0.29) is 0 Å². The lowest BCUT2D eigenvalue weighted by atomic mass is 9.88. The molecule has 0 saturated carbocycles. The summed E-state index contributed by atoms with van der Waals surface area (Å²) in [5, 5.41) is 3.41. The lowest BCUT2D eigenvalue weighted by Gasteiger charge is -2.34. The summed E-state index contributed by atoms with van der Waals surface area (Å²) in [5.74, 6) is 1.16. The number of hydrogen-bond acceptors (Lipinski definition) is 2. The SMILES string of the molecule is CCCCC(=O)N1CCCC1C1CCNCC1. The van der Waals surface area contributed by atoms with Gasteiger partial charge in [-0.05, 0) is 51.1 Å². The molecule has 3 heteroatoms. The second-order valence-electron chi connectivity index (χ2n) is 5.49. The van der Waals surface area contributed by atoms with E-state index in [0.29, 0.717) is 11.9 Å². The number of nitrogens with one attached hydrogen (secondary N) is 1. The molecule has 1 amide bonds. The van der Waals surface area contributed by atoms with Crippen molar-refractivity contribution in [2.75, 3.05) is 19.6 Å². The van der Waals surface area contributed by atoms with Gasteiger partial charge in [-0.3, -0.25) is 4.79 Å². The molecule has 1 unspecified atom stereocenters. The Hall–Kier alpha value is -0.570.